The van der Waals surface area contributed by atoms with Gasteiger partial charge in [-0.05, 0) is 13.0 Å². The van der Waals surface area contributed by atoms with Crippen molar-refractivity contribution in [3.63, 3.8) is 0 Å². The fourth-order valence-electron chi connectivity index (χ4n) is 2.75. The van der Waals surface area contributed by atoms with Crippen molar-refractivity contribution in [1.82, 2.24) is 14.6 Å². The molecule has 9 heteroatoms. The number of alkyl halides is 6. The number of fused-ring (bicyclic) bond motifs is 1. The van der Waals surface area contributed by atoms with Crippen LogP contribution in [0, 0.1) is 0 Å². The third kappa shape index (κ3) is 3.47. The van der Waals surface area contributed by atoms with Crippen LogP contribution in [-0.2, 0) is 11.3 Å². The van der Waals surface area contributed by atoms with E-state index in [9.17, 15) is 26.3 Å². The van der Waals surface area contributed by atoms with Crippen molar-refractivity contribution in [2.24, 2.45) is 0 Å². The zero-order valence-corrected chi connectivity index (χ0v) is 16.2. The summed E-state index contributed by atoms with van der Waals surface area (Å²) in [5.74, 6) is -4.91. The SMILES string of the molecule is CC(C)(C)c1cc(C(F)(F)C(C)(F)C(F)(F)F)n2nc(-c3ccccc3)cc2n1. The Morgan fingerprint density at radius 1 is 0.828 bits per heavy atom. The van der Waals surface area contributed by atoms with E-state index in [0.29, 0.717) is 10.1 Å². The highest BCUT2D eigenvalue weighted by atomic mass is 19.4. The molecular formula is C20H19F6N3. The van der Waals surface area contributed by atoms with Crippen LogP contribution in [0.1, 0.15) is 39.1 Å². The molecule has 3 aromatic rings. The van der Waals surface area contributed by atoms with E-state index in [-0.39, 0.29) is 24.0 Å². The molecule has 3 nitrogen and oxygen atoms in total. The number of hydrogen-bond donors (Lipinski definition) is 0. The minimum Gasteiger partial charge on any atom is -0.233 e. The monoisotopic (exact) mass is 415 g/mol. The van der Waals surface area contributed by atoms with Crippen molar-refractivity contribution in [1.29, 1.82) is 0 Å². The van der Waals surface area contributed by atoms with E-state index in [4.69, 9.17) is 0 Å². The van der Waals surface area contributed by atoms with Crippen LogP contribution in [-0.4, -0.2) is 26.4 Å². The van der Waals surface area contributed by atoms with E-state index < -0.39 is 28.9 Å². The van der Waals surface area contributed by atoms with Gasteiger partial charge < -0.3 is 0 Å². The highest BCUT2D eigenvalue weighted by Gasteiger charge is 2.69. The zero-order valence-electron chi connectivity index (χ0n) is 16.2. The summed E-state index contributed by atoms with van der Waals surface area (Å²) >= 11 is 0. The van der Waals surface area contributed by atoms with Gasteiger partial charge in [0.2, 0.25) is 0 Å². The van der Waals surface area contributed by atoms with E-state index >= 15 is 0 Å². The maximum atomic E-state index is 15.0. The van der Waals surface area contributed by atoms with Crippen LogP contribution in [0.2, 0.25) is 0 Å². The van der Waals surface area contributed by atoms with Crippen LogP contribution in [0.3, 0.4) is 0 Å². The van der Waals surface area contributed by atoms with Crippen molar-refractivity contribution in [3.8, 4) is 11.3 Å². The Morgan fingerprint density at radius 2 is 1.41 bits per heavy atom. The lowest BCUT2D eigenvalue weighted by Crippen LogP contribution is -2.52. The number of halogens is 6. The minimum atomic E-state index is -5.79. The molecule has 1 aromatic carbocycles. The predicted molar refractivity (Wildman–Crippen MR) is 96.6 cm³/mol. The molecule has 3 rings (SSSR count). The lowest BCUT2D eigenvalue weighted by Gasteiger charge is -2.32. The molecule has 29 heavy (non-hydrogen) atoms. The smallest absolute Gasteiger partial charge is 0.233 e. The first-order chi connectivity index (χ1) is 13.2. The minimum absolute atomic E-state index is 0.0936. The summed E-state index contributed by atoms with van der Waals surface area (Å²) < 4.78 is 84.3. The van der Waals surface area contributed by atoms with Crippen LogP contribution in [0.15, 0.2) is 42.5 Å². The molecule has 1 unspecified atom stereocenters. The molecular weight excluding hydrogens is 396 g/mol. The number of aromatic nitrogens is 3. The van der Waals surface area contributed by atoms with E-state index in [1.54, 1.807) is 51.1 Å². The highest BCUT2D eigenvalue weighted by Crippen LogP contribution is 2.50. The van der Waals surface area contributed by atoms with Crippen molar-refractivity contribution >= 4 is 5.65 Å². The predicted octanol–water partition coefficient (Wildman–Crippen LogP) is 6.08. The van der Waals surface area contributed by atoms with Crippen molar-refractivity contribution < 1.29 is 26.3 Å². The Kier molecular flexibility index (Phi) is 4.71. The third-order valence-electron chi connectivity index (χ3n) is 4.71. The first kappa shape index (κ1) is 21.1. The summed E-state index contributed by atoms with van der Waals surface area (Å²) in [4.78, 5) is 4.27. The maximum Gasteiger partial charge on any atom is 0.428 e. The van der Waals surface area contributed by atoms with E-state index in [1.165, 1.54) is 6.07 Å². The van der Waals surface area contributed by atoms with Gasteiger partial charge >= 0.3 is 12.1 Å². The maximum absolute atomic E-state index is 15.0. The van der Waals surface area contributed by atoms with Gasteiger partial charge in [-0.3, -0.25) is 0 Å². The van der Waals surface area contributed by atoms with Gasteiger partial charge in [-0.1, -0.05) is 51.1 Å². The quantitative estimate of drug-likeness (QED) is 0.486. The molecule has 0 aliphatic carbocycles. The van der Waals surface area contributed by atoms with Crippen molar-refractivity contribution in [2.75, 3.05) is 0 Å². The average Bonchev–Trinajstić information content (AvgIpc) is 3.03. The Morgan fingerprint density at radius 3 is 1.93 bits per heavy atom. The Bertz CT molecular complexity index is 1030. The molecule has 0 spiro atoms. The molecule has 1 atom stereocenters. The fourth-order valence-corrected chi connectivity index (χ4v) is 2.75. The summed E-state index contributed by atoms with van der Waals surface area (Å²) in [7, 11) is 0. The molecule has 156 valence electrons. The molecule has 0 bridgehead atoms. The molecule has 0 aliphatic rings. The topological polar surface area (TPSA) is 30.2 Å². The second-order valence-corrected chi connectivity index (χ2v) is 8.02. The van der Waals surface area contributed by atoms with Crippen LogP contribution < -0.4 is 0 Å². The van der Waals surface area contributed by atoms with Gasteiger partial charge in [0, 0.05) is 17.0 Å². The lowest BCUT2D eigenvalue weighted by atomic mass is 9.89. The Hall–Kier alpha value is -2.58. The zero-order chi connectivity index (χ0) is 21.8. The van der Waals surface area contributed by atoms with Gasteiger partial charge in [0.15, 0.2) is 5.65 Å². The summed E-state index contributed by atoms with van der Waals surface area (Å²) in [6.45, 7) is 4.83. The summed E-state index contributed by atoms with van der Waals surface area (Å²) in [6, 6.07) is 10.6. The number of nitrogens with zero attached hydrogens (tertiary/aromatic N) is 3. The Labute approximate surface area is 163 Å². The lowest BCUT2D eigenvalue weighted by molar-refractivity contribution is -0.301. The molecule has 0 aliphatic heterocycles. The molecule has 0 N–H and O–H groups in total. The van der Waals surface area contributed by atoms with Crippen LogP contribution in [0.4, 0.5) is 26.3 Å². The number of benzene rings is 1. The van der Waals surface area contributed by atoms with E-state index in [1.807, 2.05) is 0 Å². The first-order valence-corrected chi connectivity index (χ1v) is 8.77. The second kappa shape index (κ2) is 6.47. The molecule has 2 aromatic heterocycles. The molecule has 0 fully saturated rings. The van der Waals surface area contributed by atoms with Crippen LogP contribution >= 0.6 is 0 Å². The standard InChI is InChI=1S/C20H19F6N3/c1-17(2,3)14-11-15(19(22,23)18(4,21)20(24,25)26)29-16(27-14)10-13(28-29)12-8-6-5-7-9-12/h5-11H,1-4H3. The highest BCUT2D eigenvalue weighted by molar-refractivity contribution is 5.64. The van der Waals surface area contributed by atoms with Gasteiger partial charge in [0.1, 0.15) is 5.69 Å². The largest absolute Gasteiger partial charge is 0.428 e. The summed E-state index contributed by atoms with van der Waals surface area (Å²) in [6.07, 6.45) is -5.79. The summed E-state index contributed by atoms with van der Waals surface area (Å²) in [5.41, 5.74) is -5.99. The molecule has 0 saturated carbocycles. The third-order valence-corrected chi connectivity index (χ3v) is 4.71. The summed E-state index contributed by atoms with van der Waals surface area (Å²) in [5, 5.41) is 4.01. The average molecular weight is 415 g/mol. The second-order valence-electron chi connectivity index (χ2n) is 8.02. The fraction of sp³-hybridized carbons (Fsp3) is 0.400. The van der Waals surface area contributed by atoms with Gasteiger partial charge in [-0.2, -0.15) is 27.1 Å². The van der Waals surface area contributed by atoms with Gasteiger partial charge in [-0.15, -0.1) is 0 Å². The molecule has 0 amide bonds. The van der Waals surface area contributed by atoms with Gasteiger partial charge in [0.05, 0.1) is 11.4 Å². The van der Waals surface area contributed by atoms with Crippen LogP contribution in [0.5, 0.6) is 0 Å². The molecule has 0 radical (unpaired) electrons. The normalized spacial score (nSPS) is 15.5. The van der Waals surface area contributed by atoms with E-state index in [2.05, 4.69) is 10.1 Å². The van der Waals surface area contributed by atoms with Gasteiger partial charge in [0.25, 0.3) is 5.67 Å². The first-order valence-electron chi connectivity index (χ1n) is 8.77. The van der Waals surface area contributed by atoms with Crippen LogP contribution in [0.25, 0.3) is 16.9 Å². The Balaban J connectivity index is 2.34. The molecule has 0 saturated heterocycles. The van der Waals surface area contributed by atoms with E-state index in [0.717, 1.165) is 6.07 Å². The number of hydrogen-bond acceptors (Lipinski definition) is 2. The van der Waals surface area contributed by atoms with Crippen molar-refractivity contribution in [2.45, 2.75) is 50.9 Å². The molecule has 2 heterocycles. The number of rotatable bonds is 3. The van der Waals surface area contributed by atoms with Gasteiger partial charge in [-0.25, -0.2) is 13.9 Å². The van der Waals surface area contributed by atoms with Crippen molar-refractivity contribution in [3.05, 3.63) is 53.9 Å².